The van der Waals surface area contributed by atoms with Crippen molar-refractivity contribution in [1.82, 2.24) is 25.1 Å². The maximum absolute atomic E-state index is 12.2. The largest absolute Gasteiger partial charge is 0.467 e. The van der Waals surface area contributed by atoms with E-state index in [9.17, 15) is 4.79 Å². The predicted molar refractivity (Wildman–Crippen MR) is 87.1 cm³/mol. The van der Waals surface area contributed by atoms with Crippen LogP contribution in [0.25, 0.3) is 0 Å². The van der Waals surface area contributed by atoms with Crippen LogP contribution in [0.15, 0.2) is 44.8 Å². The molecule has 3 aromatic rings. The molecule has 120 valence electrons. The van der Waals surface area contributed by atoms with Gasteiger partial charge in [0.1, 0.15) is 12.3 Å². The zero-order valence-electron chi connectivity index (χ0n) is 12.5. The Labute approximate surface area is 141 Å². The summed E-state index contributed by atoms with van der Waals surface area (Å²) in [5.41, 5.74) is 1.14. The lowest BCUT2D eigenvalue weighted by molar-refractivity contribution is -0.127. The summed E-state index contributed by atoms with van der Waals surface area (Å²) in [4.78, 5) is 13.9. The van der Waals surface area contributed by atoms with E-state index in [1.807, 2.05) is 29.0 Å². The first-order chi connectivity index (χ1) is 11.2. The van der Waals surface area contributed by atoms with Gasteiger partial charge >= 0.3 is 0 Å². The number of carbonyl (C=O) groups is 1. The highest BCUT2D eigenvalue weighted by Crippen LogP contribution is 2.16. The van der Waals surface area contributed by atoms with Crippen LogP contribution in [-0.4, -0.2) is 43.8 Å². The van der Waals surface area contributed by atoms with Crippen LogP contribution in [0.2, 0.25) is 0 Å². The molecule has 0 radical (unpaired) electrons. The van der Waals surface area contributed by atoms with E-state index in [1.165, 1.54) is 11.8 Å². The van der Waals surface area contributed by atoms with E-state index in [2.05, 4.69) is 15.5 Å². The van der Waals surface area contributed by atoms with Crippen molar-refractivity contribution in [1.29, 1.82) is 0 Å². The number of aromatic nitrogens is 4. The fourth-order valence-corrected chi connectivity index (χ4v) is 3.41. The summed E-state index contributed by atoms with van der Waals surface area (Å²) in [5.74, 6) is 1.09. The topological polar surface area (TPSA) is 77.1 Å². The minimum atomic E-state index is 0.0359. The zero-order chi connectivity index (χ0) is 16.1. The molecule has 1 amide bonds. The lowest BCUT2D eigenvalue weighted by Crippen LogP contribution is -2.27. The lowest BCUT2D eigenvalue weighted by atomic mass is 10.3. The SMILES string of the molecule is CN(Cc1ccsc1)C(=O)CSc1nnnn1Cc1ccco1. The standard InChI is InChI=1S/C14H15N5O2S2/c1-18(7-11-4-6-22-9-11)13(20)10-23-14-15-16-17-19(14)8-12-3-2-5-21-12/h2-6,9H,7-8,10H2,1H3. The van der Waals surface area contributed by atoms with Gasteiger partial charge in [-0.15, -0.1) is 5.10 Å². The molecule has 3 heterocycles. The van der Waals surface area contributed by atoms with Crippen LogP contribution >= 0.6 is 23.1 Å². The second-order valence-electron chi connectivity index (χ2n) is 4.87. The van der Waals surface area contributed by atoms with Crippen LogP contribution in [0.1, 0.15) is 11.3 Å². The summed E-state index contributed by atoms with van der Waals surface area (Å²) in [6, 6.07) is 5.69. The van der Waals surface area contributed by atoms with Gasteiger partial charge in [0.15, 0.2) is 0 Å². The van der Waals surface area contributed by atoms with Gasteiger partial charge in [-0.05, 0) is 44.9 Å². The Kier molecular flexibility index (Phi) is 5.09. The summed E-state index contributed by atoms with van der Waals surface area (Å²) < 4.78 is 6.91. The van der Waals surface area contributed by atoms with E-state index in [1.54, 1.807) is 34.2 Å². The van der Waals surface area contributed by atoms with Crippen molar-refractivity contribution < 1.29 is 9.21 Å². The number of thiophene rings is 1. The number of thioether (sulfide) groups is 1. The van der Waals surface area contributed by atoms with Gasteiger partial charge in [-0.1, -0.05) is 11.8 Å². The number of carbonyl (C=O) groups excluding carboxylic acids is 1. The first-order valence-electron chi connectivity index (χ1n) is 6.89. The van der Waals surface area contributed by atoms with Gasteiger partial charge in [0.25, 0.3) is 0 Å². The van der Waals surface area contributed by atoms with E-state index < -0.39 is 0 Å². The number of hydrogen-bond acceptors (Lipinski definition) is 7. The maximum Gasteiger partial charge on any atom is 0.233 e. The number of tetrazole rings is 1. The van der Waals surface area contributed by atoms with E-state index >= 15 is 0 Å². The summed E-state index contributed by atoms with van der Waals surface area (Å²) in [6.45, 7) is 1.06. The first-order valence-corrected chi connectivity index (χ1v) is 8.81. The number of nitrogens with zero attached hydrogens (tertiary/aromatic N) is 5. The van der Waals surface area contributed by atoms with Gasteiger partial charge in [-0.2, -0.15) is 11.3 Å². The van der Waals surface area contributed by atoms with Gasteiger partial charge in [-0.25, -0.2) is 4.68 Å². The molecule has 0 fully saturated rings. The molecule has 0 atom stereocenters. The second-order valence-corrected chi connectivity index (χ2v) is 6.59. The van der Waals surface area contributed by atoms with Gasteiger partial charge in [0.05, 0.1) is 12.0 Å². The van der Waals surface area contributed by atoms with E-state index in [-0.39, 0.29) is 5.91 Å². The molecular formula is C14H15N5O2S2. The molecule has 0 N–H and O–H groups in total. The molecule has 0 aliphatic carbocycles. The highest BCUT2D eigenvalue weighted by atomic mass is 32.2. The van der Waals surface area contributed by atoms with Crippen molar-refractivity contribution in [3.05, 3.63) is 46.5 Å². The number of rotatable bonds is 7. The first kappa shape index (κ1) is 15.8. The van der Waals surface area contributed by atoms with Crippen LogP contribution in [0.3, 0.4) is 0 Å². The van der Waals surface area contributed by atoms with Crippen molar-refractivity contribution >= 4 is 29.0 Å². The molecule has 3 rings (SSSR count). The Morgan fingerprint density at radius 1 is 1.48 bits per heavy atom. The van der Waals surface area contributed by atoms with Gasteiger partial charge < -0.3 is 9.32 Å². The summed E-state index contributed by atoms with van der Waals surface area (Å²) in [7, 11) is 1.80. The second kappa shape index (κ2) is 7.42. The summed E-state index contributed by atoms with van der Waals surface area (Å²) in [6.07, 6.45) is 1.61. The zero-order valence-corrected chi connectivity index (χ0v) is 14.1. The average molecular weight is 349 g/mol. The number of amides is 1. The maximum atomic E-state index is 12.2. The molecule has 0 unspecified atom stereocenters. The third-order valence-electron chi connectivity index (χ3n) is 3.14. The van der Waals surface area contributed by atoms with Crippen LogP contribution < -0.4 is 0 Å². The molecule has 23 heavy (non-hydrogen) atoms. The third kappa shape index (κ3) is 4.20. The highest BCUT2D eigenvalue weighted by Gasteiger charge is 2.14. The molecule has 3 aromatic heterocycles. The minimum absolute atomic E-state index is 0.0359. The predicted octanol–water partition coefficient (Wildman–Crippen LogP) is 2.13. The van der Waals surface area contributed by atoms with Crippen molar-refractivity contribution in [2.75, 3.05) is 12.8 Å². The Hall–Kier alpha value is -2.13. The van der Waals surface area contributed by atoms with Crippen LogP contribution in [-0.2, 0) is 17.9 Å². The van der Waals surface area contributed by atoms with Crippen LogP contribution in [0.4, 0.5) is 0 Å². The molecule has 0 aliphatic rings. The van der Waals surface area contributed by atoms with E-state index in [0.717, 1.165) is 11.3 Å². The quantitative estimate of drug-likeness (QED) is 0.608. The van der Waals surface area contributed by atoms with Crippen molar-refractivity contribution in [3.8, 4) is 0 Å². The molecule has 0 aromatic carbocycles. The van der Waals surface area contributed by atoms with Crippen LogP contribution in [0.5, 0.6) is 0 Å². The molecule has 0 saturated carbocycles. The highest BCUT2D eigenvalue weighted by molar-refractivity contribution is 7.99. The smallest absolute Gasteiger partial charge is 0.233 e. The van der Waals surface area contributed by atoms with E-state index in [0.29, 0.717) is 24.0 Å². The number of furan rings is 1. The van der Waals surface area contributed by atoms with Gasteiger partial charge in [0, 0.05) is 13.6 Å². The van der Waals surface area contributed by atoms with Gasteiger partial charge in [-0.3, -0.25) is 4.79 Å². The monoisotopic (exact) mass is 349 g/mol. The van der Waals surface area contributed by atoms with Crippen molar-refractivity contribution in [2.24, 2.45) is 0 Å². The Bertz CT molecular complexity index is 739. The molecule has 7 nitrogen and oxygen atoms in total. The average Bonchev–Trinajstić information content (AvgIpc) is 3.28. The Morgan fingerprint density at radius 3 is 3.13 bits per heavy atom. The fraction of sp³-hybridized carbons (Fsp3) is 0.286. The minimum Gasteiger partial charge on any atom is -0.467 e. The summed E-state index contributed by atoms with van der Waals surface area (Å²) >= 11 is 2.95. The van der Waals surface area contributed by atoms with Crippen LogP contribution in [0, 0.1) is 0 Å². The summed E-state index contributed by atoms with van der Waals surface area (Å²) in [5, 5.41) is 16.2. The van der Waals surface area contributed by atoms with Crippen molar-refractivity contribution in [2.45, 2.75) is 18.2 Å². The molecule has 0 spiro atoms. The Morgan fingerprint density at radius 2 is 2.39 bits per heavy atom. The fourth-order valence-electron chi connectivity index (χ4n) is 1.93. The van der Waals surface area contributed by atoms with E-state index in [4.69, 9.17) is 4.42 Å². The number of hydrogen-bond donors (Lipinski definition) is 0. The molecule has 0 bridgehead atoms. The lowest BCUT2D eigenvalue weighted by Gasteiger charge is -2.15. The van der Waals surface area contributed by atoms with Gasteiger partial charge in [0.2, 0.25) is 11.1 Å². The van der Waals surface area contributed by atoms with Crippen molar-refractivity contribution in [3.63, 3.8) is 0 Å². The normalized spacial score (nSPS) is 10.8. The molecule has 0 aliphatic heterocycles. The Balaban J connectivity index is 1.54. The molecule has 9 heteroatoms. The molecular weight excluding hydrogens is 334 g/mol. The molecule has 0 saturated heterocycles. The third-order valence-corrected chi connectivity index (χ3v) is 4.81.